The van der Waals surface area contributed by atoms with Gasteiger partial charge in [-0.15, -0.1) is 0 Å². The molecule has 0 bridgehead atoms. The predicted molar refractivity (Wildman–Crippen MR) is 204 cm³/mol. The Bertz CT molecular complexity index is 2830. The first kappa shape index (κ1) is 27.5. The van der Waals surface area contributed by atoms with Crippen LogP contribution in [0, 0.1) is 0 Å². The van der Waals surface area contributed by atoms with E-state index in [0.717, 1.165) is 77.5 Å². The smallest absolute Gasteiger partial charge is 0.143 e. The van der Waals surface area contributed by atoms with Crippen LogP contribution in [-0.4, -0.2) is 0 Å². The highest BCUT2D eigenvalue weighted by Crippen LogP contribution is 2.43. The van der Waals surface area contributed by atoms with E-state index >= 15 is 0 Å². The fraction of sp³-hybridized carbons (Fsp3) is 0. The minimum absolute atomic E-state index is 0.894. The van der Waals surface area contributed by atoms with E-state index in [0.29, 0.717) is 0 Å². The summed E-state index contributed by atoms with van der Waals surface area (Å²) < 4.78 is 12.7. The third kappa shape index (κ3) is 4.51. The monoisotopic (exact) mass is 627 g/mol. The van der Waals surface area contributed by atoms with E-state index in [1.807, 2.05) is 24.3 Å². The molecule has 0 amide bonds. The van der Waals surface area contributed by atoms with Crippen molar-refractivity contribution in [1.29, 1.82) is 0 Å². The number of anilines is 3. The van der Waals surface area contributed by atoms with Crippen molar-refractivity contribution >= 4 is 71.7 Å². The van der Waals surface area contributed by atoms with Gasteiger partial charge in [-0.3, -0.25) is 0 Å². The minimum atomic E-state index is 0.894. The number of nitrogens with zero attached hydrogens (tertiary/aromatic N) is 1. The van der Waals surface area contributed by atoms with E-state index in [1.54, 1.807) is 0 Å². The Kier molecular flexibility index (Phi) is 6.18. The van der Waals surface area contributed by atoms with Crippen LogP contribution in [0.4, 0.5) is 17.1 Å². The lowest BCUT2D eigenvalue weighted by Crippen LogP contribution is -2.10. The SMILES string of the molecule is c1ccc(-c2ccc(N(c3cccc(-c4cccc5c4oc4ccccc45)c3)c3ccc4ccc5oc6ccccc6c5c4c3)cc2)cc1. The second-order valence-electron chi connectivity index (χ2n) is 12.5. The van der Waals surface area contributed by atoms with Crippen LogP contribution in [0.2, 0.25) is 0 Å². The van der Waals surface area contributed by atoms with Crippen molar-refractivity contribution in [1.82, 2.24) is 0 Å². The Morgan fingerprint density at radius 2 is 0.980 bits per heavy atom. The second kappa shape index (κ2) is 11.0. The van der Waals surface area contributed by atoms with Crippen LogP contribution in [0.1, 0.15) is 0 Å². The van der Waals surface area contributed by atoms with Gasteiger partial charge in [-0.05, 0) is 82.1 Å². The lowest BCUT2D eigenvalue weighted by molar-refractivity contribution is 0.669. The standard InChI is InChI=1S/C46H29NO2/c1-2-10-30(11-3-1)31-20-24-34(25-21-31)47(36-26-22-32-23-27-44-45(41(32)29-36)40-15-5-7-19-43(40)48-44)35-13-8-12-33(28-35)37-16-9-17-39-38-14-4-6-18-42(38)49-46(37)39/h1-29H. The van der Waals surface area contributed by atoms with Crippen LogP contribution in [0.15, 0.2) is 185 Å². The fourth-order valence-electron chi connectivity index (χ4n) is 7.34. The van der Waals surface area contributed by atoms with Crippen molar-refractivity contribution in [2.24, 2.45) is 0 Å². The van der Waals surface area contributed by atoms with E-state index in [1.165, 1.54) is 16.5 Å². The second-order valence-corrected chi connectivity index (χ2v) is 12.5. The highest BCUT2D eigenvalue weighted by molar-refractivity contribution is 6.19. The van der Waals surface area contributed by atoms with Gasteiger partial charge in [0, 0.05) is 44.2 Å². The van der Waals surface area contributed by atoms with Crippen molar-refractivity contribution in [3.8, 4) is 22.3 Å². The fourth-order valence-corrected chi connectivity index (χ4v) is 7.34. The van der Waals surface area contributed by atoms with Crippen LogP contribution in [0.3, 0.4) is 0 Å². The summed E-state index contributed by atoms with van der Waals surface area (Å²) in [6, 6.07) is 62.1. The molecule has 0 fully saturated rings. The van der Waals surface area contributed by atoms with Crippen molar-refractivity contribution in [2.45, 2.75) is 0 Å². The number of rotatable bonds is 5. The summed E-state index contributed by atoms with van der Waals surface area (Å²) >= 11 is 0. The molecule has 3 heteroatoms. The molecule has 230 valence electrons. The van der Waals surface area contributed by atoms with Crippen molar-refractivity contribution < 1.29 is 8.83 Å². The molecule has 8 aromatic carbocycles. The number of fused-ring (bicyclic) bond motifs is 8. The predicted octanol–water partition coefficient (Wildman–Crippen LogP) is 13.4. The molecular formula is C46H29NO2. The van der Waals surface area contributed by atoms with Gasteiger partial charge in [0.1, 0.15) is 22.3 Å². The molecule has 49 heavy (non-hydrogen) atoms. The van der Waals surface area contributed by atoms with Crippen molar-refractivity contribution in [3.63, 3.8) is 0 Å². The highest BCUT2D eigenvalue weighted by atomic mass is 16.3. The third-order valence-electron chi connectivity index (χ3n) is 9.65. The van der Waals surface area contributed by atoms with Crippen LogP contribution < -0.4 is 4.90 Å². The summed E-state index contributed by atoms with van der Waals surface area (Å²) in [4.78, 5) is 2.34. The van der Waals surface area contributed by atoms with E-state index < -0.39 is 0 Å². The van der Waals surface area contributed by atoms with Gasteiger partial charge in [-0.1, -0.05) is 121 Å². The van der Waals surface area contributed by atoms with Crippen molar-refractivity contribution in [3.05, 3.63) is 176 Å². The average Bonchev–Trinajstić information content (AvgIpc) is 3.75. The molecule has 0 unspecified atom stereocenters. The molecule has 0 atom stereocenters. The first-order valence-corrected chi connectivity index (χ1v) is 16.6. The van der Waals surface area contributed by atoms with E-state index in [2.05, 4.69) is 157 Å². The Balaban J connectivity index is 1.17. The summed E-state index contributed by atoms with van der Waals surface area (Å²) in [6.45, 7) is 0. The maximum atomic E-state index is 6.46. The maximum Gasteiger partial charge on any atom is 0.143 e. The summed E-state index contributed by atoms with van der Waals surface area (Å²) in [5.74, 6) is 0. The topological polar surface area (TPSA) is 29.5 Å². The molecule has 0 aliphatic carbocycles. The number of benzene rings is 8. The molecule has 0 radical (unpaired) electrons. The first-order valence-electron chi connectivity index (χ1n) is 16.6. The van der Waals surface area contributed by atoms with Crippen LogP contribution in [-0.2, 0) is 0 Å². The third-order valence-corrected chi connectivity index (χ3v) is 9.65. The lowest BCUT2D eigenvalue weighted by Gasteiger charge is -2.26. The molecular weight excluding hydrogens is 599 g/mol. The molecule has 10 aromatic rings. The van der Waals surface area contributed by atoms with Gasteiger partial charge in [0.2, 0.25) is 0 Å². The molecule has 0 N–H and O–H groups in total. The number of hydrogen-bond donors (Lipinski definition) is 0. The average molecular weight is 628 g/mol. The lowest BCUT2D eigenvalue weighted by atomic mass is 10.00. The highest BCUT2D eigenvalue weighted by Gasteiger charge is 2.18. The van der Waals surface area contributed by atoms with Gasteiger partial charge in [0.05, 0.1) is 0 Å². The zero-order valence-corrected chi connectivity index (χ0v) is 26.5. The Morgan fingerprint density at radius 3 is 1.84 bits per heavy atom. The van der Waals surface area contributed by atoms with Gasteiger partial charge in [-0.2, -0.15) is 0 Å². The van der Waals surface area contributed by atoms with Crippen LogP contribution in [0.5, 0.6) is 0 Å². The van der Waals surface area contributed by atoms with Crippen molar-refractivity contribution in [2.75, 3.05) is 4.90 Å². The first-order chi connectivity index (χ1) is 24.3. The summed E-state index contributed by atoms with van der Waals surface area (Å²) in [7, 11) is 0. The van der Waals surface area contributed by atoms with Gasteiger partial charge in [0.15, 0.2) is 0 Å². The molecule has 0 saturated heterocycles. The summed E-state index contributed by atoms with van der Waals surface area (Å²) in [5.41, 5.74) is 11.3. The molecule has 0 saturated carbocycles. The van der Waals surface area contributed by atoms with Crippen LogP contribution in [0.25, 0.3) is 76.9 Å². The van der Waals surface area contributed by atoms with Gasteiger partial charge in [-0.25, -0.2) is 0 Å². The number of hydrogen-bond acceptors (Lipinski definition) is 3. The van der Waals surface area contributed by atoms with E-state index in [9.17, 15) is 0 Å². The molecule has 0 aliphatic rings. The molecule has 10 rings (SSSR count). The Labute approximate surface area is 282 Å². The molecule has 3 nitrogen and oxygen atoms in total. The van der Waals surface area contributed by atoms with E-state index in [-0.39, 0.29) is 0 Å². The Hall–Kier alpha value is -6.58. The quantitative estimate of drug-likeness (QED) is 0.190. The zero-order chi connectivity index (χ0) is 32.3. The van der Waals surface area contributed by atoms with Gasteiger partial charge in [0.25, 0.3) is 0 Å². The largest absolute Gasteiger partial charge is 0.456 e. The van der Waals surface area contributed by atoms with E-state index in [4.69, 9.17) is 8.83 Å². The minimum Gasteiger partial charge on any atom is -0.456 e. The Morgan fingerprint density at radius 1 is 0.347 bits per heavy atom. The number of furan rings is 2. The molecule has 2 aromatic heterocycles. The summed E-state index contributed by atoms with van der Waals surface area (Å²) in [6.07, 6.45) is 0. The van der Waals surface area contributed by atoms with Crippen LogP contribution >= 0.6 is 0 Å². The van der Waals surface area contributed by atoms with Gasteiger partial charge >= 0.3 is 0 Å². The molecule has 0 spiro atoms. The molecule has 2 heterocycles. The number of para-hydroxylation sites is 3. The normalized spacial score (nSPS) is 11.7. The summed E-state index contributed by atoms with van der Waals surface area (Å²) in [5, 5.41) is 6.85. The van der Waals surface area contributed by atoms with Gasteiger partial charge < -0.3 is 13.7 Å². The maximum absolute atomic E-state index is 6.46. The zero-order valence-electron chi connectivity index (χ0n) is 26.5. The molecule has 0 aliphatic heterocycles.